The van der Waals surface area contributed by atoms with Crippen LogP contribution >= 0.6 is 0 Å². The van der Waals surface area contributed by atoms with E-state index in [0.717, 1.165) is 27.9 Å². The van der Waals surface area contributed by atoms with Gasteiger partial charge in [-0.2, -0.15) is 10.1 Å². The number of benzene rings is 2. The van der Waals surface area contributed by atoms with Crippen LogP contribution in [0.25, 0.3) is 10.9 Å². The Hall–Kier alpha value is -4.07. The molecule has 0 saturated carbocycles. The molecule has 0 fully saturated rings. The molecule has 2 aromatic carbocycles. The van der Waals surface area contributed by atoms with Gasteiger partial charge in [-0.05, 0) is 37.3 Å². The van der Waals surface area contributed by atoms with Crippen LogP contribution in [0.1, 0.15) is 28.9 Å². The Kier molecular flexibility index (Phi) is 4.24. The number of methoxy groups -OCH3 is 1. The number of fused-ring (bicyclic) bond motifs is 2. The van der Waals surface area contributed by atoms with Crippen LogP contribution in [-0.2, 0) is 0 Å². The largest absolute Gasteiger partial charge is 0.497 e. The van der Waals surface area contributed by atoms with Gasteiger partial charge in [0.2, 0.25) is 5.95 Å². The van der Waals surface area contributed by atoms with Gasteiger partial charge >= 0.3 is 0 Å². The first-order valence-electron chi connectivity index (χ1n) is 9.54. The van der Waals surface area contributed by atoms with Gasteiger partial charge in [0.05, 0.1) is 12.8 Å². The average molecular weight is 400 g/mol. The molecule has 3 N–H and O–H groups in total. The molecule has 4 aromatic rings. The molecule has 1 aliphatic rings. The van der Waals surface area contributed by atoms with Crippen molar-refractivity contribution in [3.8, 4) is 5.75 Å². The molecule has 30 heavy (non-hydrogen) atoms. The molecule has 0 spiro atoms. The van der Waals surface area contributed by atoms with E-state index in [4.69, 9.17) is 4.74 Å². The number of anilines is 1. The zero-order chi connectivity index (χ0) is 20.7. The van der Waals surface area contributed by atoms with E-state index >= 15 is 0 Å². The first-order valence-corrected chi connectivity index (χ1v) is 9.54. The van der Waals surface area contributed by atoms with Crippen LogP contribution in [0.4, 0.5) is 5.95 Å². The summed E-state index contributed by atoms with van der Waals surface area (Å²) in [5, 5.41) is 11.7. The van der Waals surface area contributed by atoms with Crippen LogP contribution in [0.15, 0.2) is 72.4 Å². The molecule has 150 valence electrons. The normalized spacial score (nSPS) is 15.6. The van der Waals surface area contributed by atoms with Gasteiger partial charge in [-0.3, -0.25) is 4.79 Å². The van der Waals surface area contributed by atoms with E-state index in [9.17, 15) is 4.79 Å². The predicted molar refractivity (Wildman–Crippen MR) is 113 cm³/mol. The fourth-order valence-corrected chi connectivity index (χ4v) is 3.80. The van der Waals surface area contributed by atoms with E-state index < -0.39 is 0 Å². The van der Waals surface area contributed by atoms with Crippen molar-refractivity contribution in [2.24, 2.45) is 0 Å². The number of nitrogens with zero attached hydrogens (tertiary/aromatic N) is 3. The number of carbonyl (C=O) groups is 1. The second kappa shape index (κ2) is 7.07. The van der Waals surface area contributed by atoms with Gasteiger partial charge in [0.1, 0.15) is 18.1 Å². The summed E-state index contributed by atoms with van der Waals surface area (Å²) >= 11 is 0. The molecule has 0 bridgehead atoms. The minimum Gasteiger partial charge on any atom is -0.497 e. The third kappa shape index (κ3) is 2.89. The highest BCUT2D eigenvalue weighted by molar-refractivity contribution is 5.96. The van der Waals surface area contributed by atoms with E-state index in [1.54, 1.807) is 23.9 Å². The lowest BCUT2D eigenvalue weighted by Gasteiger charge is -2.29. The minimum absolute atomic E-state index is 0.183. The predicted octanol–water partition coefficient (Wildman–Crippen LogP) is 3.44. The van der Waals surface area contributed by atoms with Crippen LogP contribution in [0, 0.1) is 0 Å². The van der Waals surface area contributed by atoms with Gasteiger partial charge in [-0.25, -0.2) is 4.68 Å². The van der Waals surface area contributed by atoms with Crippen molar-refractivity contribution in [1.29, 1.82) is 0 Å². The van der Waals surface area contributed by atoms with Gasteiger partial charge in [0.15, 0.2) is 0 Å². The van der Waals surface area contributed by atoms with Crippen molar-refractivity contribution >= 4 is 22.8 Å². The van der Waals surface area contributed by atoms with Crippen LogP contribution < -0.4 is 15.4 Å². The number of hydrogen-bond donors (Lipinski definition) is 3. The molecule has 1 amide bonds. The number of amides is 1. The summed E-state index contributed by atoms with van der Waals surface area (Å²) in [7, 11) is 1.64. The van der Waals surface area contributed by atoms with Crippen molar-refractivity contribution < 1.29 is 9.53 Å². The quantitative estimate of drug-likeness (QED) is 0.488. The lowest BCUT2D eigenvalue weighted by molar-refractivity contribution is 0.0961. The molecule has 3 heterocycles. The number of ether oxygens (including phenoxy) is 1. The van der Waals surface area contributed by atoms with Gasteiger partial charge in [0.25, 0.3) is 5.91 Å². The monoisotopic (exact) mass is 400 g/mol. The molecule has 1 atom stereocenters. The van der Waals surface area contributed by atoms with Crippen LogP contribution in [0.3, 0.4) is 0 Å². The smallest absolute Gasteiger partial charge is 0.255 e. The summed E-state index contributed by atoms with van der Waals surface area (Å²) < 4.78 is 7.19. The summed E-state index contributed by atoms with van der Waals surface area (Å²) in [6, 6.07) is 14.6. The topological polar surface area (TPSA) is 96.9 Å². The van der Waals surface area contributed by atoms with E-state index in [1.807, 2.05) is 49.5 Å². The van der Waals surface area contributed by atoms with Crippen LogP contribution in [0.5, 0.6) is 5.75 Å². The molecular formula is C22H20N6O2. The number of rotatable bonds is 4. The maximum absolute atomic E-state index is 12.9. The maximum Gasteiger partial charge on any atom is 0.255 e. The summed E-state index contributed by atoms with van der Waals surface area (Å²) in [6.07, 6.45) is 3.44. The van der Waals surface area contributed by atoms with Gasteiger partial charge in [-0.15, -0.1) is 0 Å². The van der Waals surface area contributed by atoms with Crippen molar-refractivity contribution in [1.82, 2.24) is 25.1 Å². The second-order valence-electron chi connectivity index (χ2n) is 7.07. The number of hydrogen-bond acceptors (Lipinski definition) is 5. The molecule has 0 saturated heterocycles. The standard InChI is InChI=1S/C22H20N6O2/c1-13-19(27-21(29)14-6-4-3-5-7-14)20(28-22(26-13)24-12-25-28)17-11-23-18-9-8-15(30-2)10-16(17)18/h3-12,20,23H,1-2H3,(H,27,29)(H,24,25,26). The molecule has 1 aliphatic heterocycles. The van der Waals surface area contributed by atoms with Crippen molar-refractivity contribution in [2.45, 2.75) is 13.0 Å². The second-order valence-corrected chi connectivity index (χ2v) is 7.07. The zero-order valence-electron chi connectivity index (χ0n) is 16.5. The maximum atomic E-state index is 12.9. The third-order valence-corrected chi connectivity index (χ3v) is 5.29. The Morgan fingerprint density at radius 2 is 2.03 bits per heavy atom. The molecule has 8 nitrogen and oxygen atoms in total. The summed E-state index contributed by atoms with van der Waals surface area (Å²) in [5.41, 5.74) is 4.03. The number of carbonyl (C=O) groups excluding carboxylic acids is 1. The third-order valence-electron chi connectivity index (χ3n) is 5.29. The number of aromatic amines is 1. The Morgan fingerprint density at radius 1 is 1.20 bits per heavy atom. The highest BCUT2D eigenvalue weighted by atomic mass is 16.5. The number of H-pyrrole nitrogens is 1. The van der Waals surface area contributed by atoms with E-state index in [-0.39, 0.29) is 11.9 Å². The van der Waals surface area contributed by atoms with Crippen molar-refractivity contribution in [3.05, 3.63) is 83.6 Å². The Balaban J connectivity index is 1.63. The fraction of sp³-hybridized carbons (Fsp3) is 0.136. The first-order chi connectivity index (χ1) is 14.7. The number of allylic oxidation sites excluding steroid dienone is 2. The van der Waals surface area contributed by atoms with Crippen LogP contribution in [0.2, 0.25) is 0 Å². The Bertz CT molecular complexity index is 1270. The lowest BCUT2D eigenvalue weighted by Crippen LogP contribution is -2.35. The van der Waals surface area contributed by atoms with Crippen molar-refractivity contribution in [2.75, 3.05) is 12.4 Å². The number of aromatic nitrogens is 4. The van der Waals surface area contributed by atoms with E-state index in [1.165, 1.54) is 6.33 Å². The summed E-state index contributed by atoms with van der Waals surface area (Å²) in [5.74, 6) is 1.19. The SMILES string of the molecule is COc1ccc2[nH]cc(C3C(NC(=O)c4ccccc4)=C(C)Nc4ncnn43)c2c1. The Labute approximate surface area is 172 Å². The molecular weight excluding hydrogens is 380 g/mol. The van der Waals surface area contributed by atoms with Gasteiger partial charge in [0, 0.05) is 33.9 Å². The highest BCUT2D eigenvalue weighted by Crippen LogP contribution is 2.37. The minimum atomic E-state index is -0.364. The molecule has 1 unspecified atom stereocenters. The first kappa shape index (κ1) is 18.0. The lowest BCUT2D eigenvalue weighted by atomic mass is 9.99. The molecule has 5 rings (SSSR count). The fourth-order valence-electron chi connectivity index (χ4n) is 3.80. The highest BCUT2D eigenvalue weighted by Gasteiger charge is 2.32. The molecule has 0 aliphatic carbocycles. The average Bonchev–Trinajstić information content (AvgIpc) is 3.41. The summed E-state index contributed by atoms with van der Waals surface area (Å²) in [4.78, 5) is 20.6. The van der Waals surface area contributed by atoms with Gasteiger partial charge < -0.3 is 20.4 Å². The molecule has 8 heteroatoms. The molecule has 0 radical (unpaired) electrons. The van der Waals surface area contributed by atoms with E-state index in [0.29, 0.717) is 17.2 Å². The zero-order valence-corrected chi connectivity index (χ0v) is 16.5. The molecule has 2 aromatic heterocycles. The summed E-state index contributed by atoms with van der Waals surface area (Å²) in [6.45, 7) is 1.92. The van der Waals surface area contributed by atoms with Crippen molar-refractivity contribution in [3.63, 3.8) is 0 Å². The number of nitrogens with one attached hydrogen (secondary N) is 3. The van der Waals surface area contributed by atoms with Crippen LogP contribution in [-0.4, -0.2) is 32.8 Å². The Morgan fingerprint density at radius 3 is 2.83 bits per heavy atom. The van der Waals surface area contributed by atoms with Gasteiger partial charge in [-0.1, -0.05) is 18.2 Å². The van der Waals surface area contributed by atoms with E-state index in [2.05, 4.69) is 25.7 Å².